The van der Waals surface area contributed by atoms with Gasteiger partial charge in [-0.25, -0.2) is 14.3 Å². The molecule has 5 N–H and O–H groups in total. The van der Waals surface area contributed by atoms with Gasteiger partial charge in [0.15, 0.2) is 11.5 Å². The number of fused-ring (bicyclic) bond motifs is 1. The number of amides is 1. The fourth-order valence-corrected chi connectivity index (χ4v) is 4.78. The average Bonchev–Trinajstić information content (AvgIpc) is 2.97. The van der Waals surface area contributed by atoms with Gasteiger partial charge in [0.05, 0.1) is 22.3 Å². The summed E-state index contributed by atoms with van der Waals surface area (Å²) in [6.45, 7) is 2.05. The number of aromatic nitrogens is 3. The molecule has 0 spiro atoms. The van der Waals surface area contributed by atoms with Crippen LogP contribution in [-0.4, -0.2) is 38.8 Å². The largest absolute Gasteiger partial charge is 0.382 e. The Kier molecular flexibility index (Phi) is 9.61. The molecule has 0 atom stereocenters. The normalized spacial score (nSPS) is 10.8. The number of rotatable bonds is 7. The number of nitrogen functional groups attached to an aromatic ring is 1. The molecule has 3 aromatic carbocycles. The van der Waals surface area contributed by atoms with Crippen LogP contribution in [0.25, 0.3) is 27.7 Å². The van der Waals surface area contributed by atoms with Gasteiger partial charge in [-0.15, -0.1) is 0 Å². The van der Waals surface area contributed by atoms with Gasteiger partial charge in [-0.1, -0.05) is 61.0 Å². The summed E-state index contributed by atoms with van der Waals surface area (Å²) in [4.78, 5) is 32.2. The smallest absolute Gasteiger partial charge is 0.271 e. The molecule has 1 amide bonds. The summed E-state index contributed by atoms with van der Waals surface area (Å²) in [7, 11) is 3.87. The van der Waals surface area contributed by atoms with Crippen molar-refractivity contribution in [2.24, 2.45) is 5.73 Å². The van der Waals surface area contributed by atoms with E-state index in [0.717, 1.165) is 34.4 Å². The van der Waals surface area contributed by atoms with E-state index in [1.165, 1.54) is 18.3 Å². The first-order valence-corrected chi connectivity index (χ1v) is 13.9. The highest BCUT2D eigenvalue weighted by Gasteiger charge is 2.13. The van der Waals surface area contributed by atoms with E-state index < -0.39 is 5.91 Å². The number of anilines is 2. The molecule has 0 saturated heterocycles. The van der Waals surface area contributed by atoms with E-state index in [9.17, 15) is 9.59 Å². The molecular formula is C30H30ClN7O2S. The van der Waals surface area contributed by atoms with Gasteiger partial charge in [-0.05, 0) is 62.3 Å². The highest BCUT2D eigenvalue weighted by atomic mass is 35.5. The van der Waals surface area contributed by atoms with Crippen LogP contribution in [0.3, 0.4) is 0 Å². The predicted octanol–water partition coefficient (Wildman–Crippen LogP) is 5.57. The molecule has 0 aliphatic rings. The molecule has 0 bridgehead atoms. The van der Waals surface area contributed by atoms with Crippen molar-refractivity contribution >= 4 is 51.9 Å². The zero-order valence-corrected chi connectivity index (χ0v) is 24.4. The van der Waals surface area contributed by atoms with Crippen molar-refractivity contribution in [2.45, 2.75) is 13.3 Å². The Morgan fingerprint density at radius 3 is 2.46 bits per heavy atom. The second kappa shape index (κ2) is 13.3. The number of benzene rings is 3. The third-order valence-electron chi connectivity index (χ3n) is 5.99. The molecular weight excluding hydrogens is 558 g/mol. The fourth-order valence-electron chi connectivity index (χ4n) is 4.10. The third-order valence-corrected chi connectivity index (χ3v) is 6.99. The molecule has 0 fully saturated rings. The minimum atomic E-state index is -0.695. The highest BCUT2D eigenvalue weighted by Crippen LogP contribution is 2.24. The van der Waals surface area contributed by atoms with Gasteiger partial charge < -0.3 is 16.2 Å². The summed E-state index contributed by atoms with van der Waals surface area (Å²) in [5.74, 6) is -0.664. The quantitative estimate of drug-likeness (QED) is 0.211. The zero-order valence-electron chi connectivity index (χ0n) is 22.8. The van der Waals surface area contributed by atoms with E-state index in [0.29, 0.717) is 16.1 Å². The van der Waals surface area contributed by atoms with Crippen molar-refractivity contribution in [3.8, 4) is 16.9 Å². The molecule has 0 saturated carbocycles. The number of nitrogens with zero attached hydrogens (tertiary/aromatic N) is 4. The van der Waals surface area contributed by atoms with Gasteiger partial charge in [-0.3, -0.25) is 14.2 Å². The second-order valence-corrected chi connectivity index (χ2v) is 10.6. The molecule has 210 valence electrons. The summed E-state index contributed by atoms with van der Waals surface area (Å²) < 4.78 is 6.86. The van der Waals surface area contributed by atoms with Crippen LogP contribution in [0.4, 0.5) is 11.5 Å². The van der Waals surface area contributed by atoms with E-state index in [2.05, 4.69) is 14.7 Å². The van der Waals surface area contributed by atoms with Crippen molar-refractivity contribution in [2.75, 3.05) is 24.6 Å². The number of primary amides is 1. The maximum absolute atomic E-state index is 12.8. The number of hydrogen-bond acceptors (Lipinski definition) is 8. The van der Waals surface area contributed by atoms with Crippen molar-refractivity contribution in [1.82, 2.24) is 18.8 Å². The summed E-state index contributed by atoms with van der Waals surface area (Å²) in [5, 5.41) is 1.97. The van der Waals surface area contributed by atoms with Crippen molar-refractivity contribution < 1.29 is 4.79 Å². The Morgan fingerprint density at radius 2 is 1.78 bits per heavy atom. The van der Waals surface area contributed by atoms with Crippen molar-refractivity contribution in [3.05, 3.63) is 112 Å². The van der Waals surface area contributed by atoms with Crippen LogP contribution in [0.5, 0.6) is 0 Å². The molecule has 5 rings (SSSR count). The Morgan fingerprint density at radius 1 is 1.05 bits per heavy atom. The average molecular weight is 588 g/mol. The molecule has 0 aliphatic heterocycles. The molecule has 5 aromatic rings. The molecule has 0 unspecified atom stereocenters. The van der Waals surface area contributed by atoms with E-state index in [1.807, 2.05) is 98.1 Å². The first-order valence-electron chi connectivity index (χ1n) is 12.7. The number of pyridine rings is 1. The van der Waals surface area contributed by atoms with Gasteiger partial charge in [0.25, 0.3) is 11.5 Å². The molecule has 0 radical (unpaired) electrons. The van der Waals surface area contributed by atoms with E-state index >= 15 is 0 Å². The molecule has 41 heavy (non-hydrogen) atoms. The van der Waals surface area contributed by atoms with E-state index in [4.69, 9.17) is 23.1 Å². The SMILES string of the molecule is CCc1cc2cccc(Cl)c2c(=O)n1-c1ccccc1.CN(C)SNc1cccc(-c2cnc(N)c(C(N)=O)n2)c1. The maximum atomic E-state index is 12.8. The lowest BCUT2D eigenvalue weighted by Crippen LogP contribution is -2.22. The molecule has 11 heteroatoms. The van der Waals surface area contributed by atoms with Gasteiger partial charge in [0.2, 0.25) is 0 Å². The Hall–Kier alpha value is -4.38. The minimum Gasteiger partial charge on any atom is -0.382 e. The van der Waals surface area contributed by atoms with Crippen LogP contribution in [0.1, 0.15) is 23.1 Å². The Labute approximate surface area is 247 Å². The van der Waals surface area contributed by atoms with Gasteiger partial charge in [0.1, 0.15) is 0 Å². The lowest BCUT2D eigenvalue weighted by Gasteiger charge is -2.14. The first kappa shape index (κ1) is 29.6. The van der Waals surface area contributed by atoms with Crippen LogP contribution in [-0.2, 0) is 6.42 Å². The Balaban J connectivity index is 0.000000189. The summed E-state index contributed by atoms with van der Waals surface area (Å²) in [5.41, 5.74) is 14.8. The minimum absolute atomic E-state index is 0.0199. The number of halogens is 1. The maximum Gasteiger partial charge on any atom is 0.271 e. The second-order valence-electron chi connectivity index (χ2n) is 9.11. The van der Waals surface area contributed by atoms with Crippen LogP contribution in [0.15, 0.2) is 89.9 Å². The van der Waals surface area contributed by atoms with Crippen LogP contribution >= 0.6 is 23.7 Å². The van der Waals surface area contributed by atoms with Gasteiger partial charge in [-0.2, -0.15) is 0 Å². The van der Waals surface area contributed by atoms with E-state index in [-0.39, 0.29) is 17.1 Å². The van der Waals surface area contributed by atoms with Crippen LogP contribution in [0.2, 0.25) is 5.02 Å². The van der Waals surface area contributed by atoms with Gasteiger partial charge in [0, 0.05) is 34.8 Å². The summed E-state index contributed by atoms with van der Waals surface area (Å²) >= 11 is 7.66. The summed E-state index contributed by atoms with van der Waals surface area (Å²) in [6, 6.07) is 24.8. The van der Waals surface area contributed by atoms with E-state index in [1.54, 1.807) is 10.6 Å². The van der Waals surface area contributed by atoms with Crippen LogP contribution in [0, 0.1) is 0 Å². The Bertz CT molecular complexity index is 1740. The number of carbonyl (C=O) groups excluding carboxylic acids is 1. The lowest BCUT2D eigenvalue weighted by molar-refractivity contribution is 0.0996. The third kappa shape index (κ3) is 7.04. The van der Waals surface area contributed by atoms with Crippen LogP contribution < -0.4 is 21.7 Å². The highest BCUT2D eigenvalue weighted by molar-refractivity contribution is 7.98. The van der Waals surface area contributed by atoms with Crippen molar-refractivity contribution in [3.63, 3.8) is 0 Å². The predicted molar refractivity (Wildman–Crippen MR) is 169 cm³/mol. The van der Waals surface area contributed by atoms with Gasteiger partial charge >= 0.3 is 0 Å². The number of hydrogen-bond donors (Lipinski definition) is 3. The first-order chi connectivity index (χ1) is 19.7. The number of nitrogens with one attached hydrogen (secondary N) is 1. The molecule has 9 nitrogen and oxygen atoms in total. The number of nitrogens with two attached hydrogens (primary N) is 2. The molecule has 0 aliphatic carbocycles. The summed E-state index contributed by atoms with van der Waals surface area (Å²) in [6.07, 6.45) is 2.30. The number of aryl methyl sites for hydroxylation is 1. The zero-order chi connectivity index (χ0) is 29.5. The van der Waals surface area contributed by atoms with Crippen molar-refractivity contribution in [1.29, 1.82) is 0 Å². The molecule has 2 heterocycles. The fraction of sp³-hybridized carbons (Fsp3) is 0.133. The number of carbonyl (C=O) groups is 1. The lowest BCUT2D eigenvalue weighted by atomic mass is 10.1. The monoisotopic (exact) mass is 587 g/mol. The topological polar surface area (TPSA) is 132 Å². The number of para-hydroxylation sites is 1. The molecule has 2 aromatic heterocycles. The standard InChI is InChI=1S/C17H14ClNO.C13H16N6OS/c1-2-13-11-12-7-6-10-15(18)16(12)17(20)19(13)14-8-4-3-5-9-14;1-19(2)21-18-9-5-3-4-8(6-9)10-7-16-12(14)11(17-10)13(15)20/h3-11H,2H2,1H3;3-7,18H,1-2H3,(H2,14,16)(H2,15,20).